The minimum atomic E-state index is -0.207. The zero-order chi connectivity index (χ0) is 15.2. The Bertz CT molecular complexity index is 483. The third kappa shape index (κ3) is 4.18. The van der Waals surface area contributed by atoms with Gasteiger partial charge in [-0.15, -0.1) is 0 Å². The molecule has 0 spiro atoms. The van der Waals surface area contributed by atoms with Gasteiger partial charge in [-0.25, -0.2) is 4.79 Å². The van der Waals surface area contributed by atoms with Crippen molar-refractivity contribution in [2.24, 2.45) is 5.92 Å². The van der Waals surface area contributed by atoms with Gasteiger partial charge in [-0.3, -0.25) is 4.90 Å². The van der Waals surface area contributed by atoms with Crippen molar-refractivity contribution < 1.29 is 9.53 Å². The molecule has 3 atom stereocenters. The minimum Gasteiger partial charge on any atom is -0.458 e. The average molecular weight is 287 g/mol. The lowest BCUT2D eigenvalue weighted by atomic mass is 9.91. The van der Waals surface area contributed by atoms with E-state index in [0.29, 0.717) is 17.5 Å². The van der Waals surface area contributed by atoms with E-state index in [0.717, 1.165) is 19.5 Å². The van der Waals surface area contributed by atoms with Crippen LogP contribution in [0.2, 0.25) is 0 Å². The molecule has 0 amide bonds. The molecule has 1 aromatic carbocycles. The Labute approximate surface area is 127 Å². The molecule has 1 saturated heterocycles. The number of carbonyl (C=O) groups excluding carboxylic acids is 1. The van der Waals surface area contributed by atoms with Crippen LogP contribution in [0.4, 0.5) is 0 Å². The van der Waals surface area contributed by atoms with E-state index in [9.17, 15) is 4.79 Å². The van der Waals surface area contributed by atoms with Crippen LogP contribution in [0.1, 0.15) is 37.6 Å². The van der Waals surface area contributed by atoms with Crippen LogP contribution in [0.5, 0.6) is 0 Å². The van der Waals surface area contributed by atoms with Gasteiger partial charge in [0.15, 0.2) is 0 Å². The largest absolute Gasteiger partial charge is 0.458 e. The van der Waals surface area contributed by atoms with Gasteiger partial charge < -0.3 is 4.74 Å². The Morgan fingerprint density at radius 2 is 2.05 bits per heavy atom. The molecule has 0 bridgehead atoms. The van der Waals surface area contributed by atoms with Gasteiger partial charge in [-0.2, -0.15) is 0 Å². The molecule has 1 fully saturated rings. The number of ether oxygens (including phenoxy) is 1. The Balaban J connectivity index is 1.94. The third-order valence-electron chi connectivity index (χ3n) is 4.20. The average Bonchev–Trinajstić information content (AvgIpc) is 2.50. The van der Waals surface area contributed by atoms with Gasteiger partial charge in [0.1, 0.15) is 6.10 Å². The first kappa shape index (κ1) is 15.8. The van der Waals surface area contributed by atoms with Crippen molar-refractivity contribution in [3.05, 3.63) is 48.0 Å². The molecular weight excluding hydrogens is 262 g/mol. The highest BCUT2D eigenvalue weighted by molar-refractivity contribution is 5.89. The standard InChI is InChI=1S/C18H25NO2/c1-4-5-11-19-13-14(2)17(12-15(19)3)21-18(20)16-9-7-6-8-10-16/h4-10,14-15,17H,11-13H2,1-3H3/b5-4+. The molecule has 3 unspecified atom stereocenters. The molecule has 0 aliphatic carbocycles. The molecule has 2 rings (SSSR count). The summed E-state index contributed by atoms with van der Waals surface area (Å²) in [5.41, 5.74) is 0.633. The molecule has 1 aliphatic rings. The number of nitrogens with zero attached hydrogens (tertiary/aromatic N) is 1. The summed E-state index contributed by atoms with van der Waals surface area (Å²) in [7, 11) is 0. The highest BCUT2D eigenvalue weighted by atomic mass is 16.5. The topological polar surface area (TPSA) is 29.5 Å². The van der Waals surface area contributed by atoms with E-state index in [1.54, 1.807) is 12.1 Å². The molecular formula is C18H25NO2. The first-order valence-corrected chi connectivity index (χ1v) is 7.73. The van der Waals surface area contributed by atoms with E-state index in [2.05, 4.69) is 30.9 Å². The molecule has 3 nitrogen and oxygen atoms in total. The molecule has 114 valence electrons. The predicted molar refractivity (Wildman–Crippen MR) is 85.3 cm³/mol. The van der Waals surface area contributed by atoms with E-state index >= 15 is 0 Å². The Morgan fingerprint density at radius 1 is 1.33 bits per heavy atom. The van der Waals surface area contributed by atoms with Crippen LogP contribution >= 0.6 is 0 Å². The van der Waals surface area contributed by atoms with Crippen LogP contribution in [-0.2, 0) is 4.74 Å². The highest BCUT2D eigenvalue weighted by Crippen LogP contribution is 2.25. The summed E-state index contributed by atoms with van der Waals surface area (Å²) in [4.78, 5) is 14.6. The number of rotatable bonds is 4. The van der Waals surface area contributed by atoms with E-state index in [4.69, 9.17) is 4.74 Å². The molecule has 0 saturated carbocycles. The summed E-state index contributed by atoms with van der Waals surface area (Å²) in [6.07, 6.45) is 5.17. The maximum atomic E-state index is 12.2. The van der Waals surface area contributed by atoms with Gasteiger partial charge in [0.05, 0.1) is 5.56 Å². The molecule has 0 aromatic heterocycles. The first-order valence-electron chi connectivity index (χ1n) is 7.73. The smallest absolute Gasteiger partial charge is 0.338 e. The lowest BCUT2D eigenvalue weighted by Crippen LogP contribution is -2.48. The SMILES string of the molecule is C/C=C/CN1CC(C)C(OC(=O)c2ccccc2)CC1C. The molecule has 1 aromatic rings. The molecule has 0 radical (unpaired) electrons. The van der Waals surface area contributed by atoms with Crippen LogP contribution in [0.15, 0.2) is 42.5 Å². The highest BCUT2D eigenvalue weighted by Gasteiger charge is 2.32. The second-order valence-electron chi connectivity index (χ2n) is 5.89. The summed E-state index contributed by atoms with van der Waals surface area (Å²) in [5.74, 6) is 0.153. The zero-order valence-electron chi connectivity index (χ0n) is 13.2. The summed E-state index contributed by atoms with van der Waals surface area (Å²) < 4.78 is 5.73. The minimum absolute atomic E-state index is 0.00885. The molecule has 21 heavy (non-hydrogen) atoms. The predicted octanol–water partition coefficient (Wildman–Crippen LogP) is 3.52. The number of hydrogen-bond acceptors (Lipinski definition) is 3. The summed E-state index contributed by atoms with van der Waals surface area (Å²) in [6, 6.07) is 9.67. The maximum Gasteiger partial charge on any atom is 0.338 e. The van der Waals surface area contributed by atoms with E-state index in [-0.39, 0.29) is 12.1 Å². The number of hydrogen-bond donors (Lipinski definition) is 0. The number of benzene rings is 1. The fourth-order valence-electron chi connectivity index (χ4n) is 2.82. The molecule has 3 heteroatoms. The van der Waals surface area contributed by atoms with Gasteiger partial charge in [0.2, 0.25) is 0 Å². The number of carbonyl (C=O) groups is 1. The number of esters is 1. The summed E-state index contributed by atoms with van der Waals surface area (Å²) in [6.45, 7) is 8.36. The third-order valence-corrected chi connectivity index (χ3v) is 4.20. The van der Waals surface area contributed by atoms with Crippen molar-refractivity contribution in [2.75, 3.05) is 13.1 Å². The lowest BCUT2D eigenvalue weighted by molar-refractivity contribution is -0.0229. The van der Waals surface area contributed by atoms with Gasteiger partial charge >= 0.3 is 5.97 Å². The second-order valence-corrected chi connectivity index (χ2v) is 5.89. The van der Waals surface area contributed by atoms with Crippen LogP contribution in [0.3, 0.4) is 0 Å². The lowest BCUT2D eigenvalue weighted by Gasteiger charge is -2.40. The summed E-state index contributed by atoms with van der Waals surface area (Å²) in [5, 5.41) is 0. The van der Waals surface area contributed by atoms with E-state index in [1.807, 2.05) is 25.1 Å². The monoisotopic (exact) mass is 287 g/mol. The van der Waals surface area contributed by atoms with Crippen molar-refractivity contribution in [1.82, 2.24) is 4.90 Å². The quantitative estimate of drug-likeness (QED) is 0.627. The molecule has 1 heterocycles. The van der Waals surface area contributed by atoms with Gasteiger partial charge in [0.25, 0.3) is 0 Å². The van der Waals surface area contributed by atoms with Gasteiger partial charge in [0, 0.05) is 31.5 Å². The number of piperidine rings is 1. The van der Waals surface area contributed by atoms with Crippen molar-refractivity contribution in [2.45, 2.75) is 39.3 Å². The van der Waals surface area contributed by atoms with Crippen LogP contribution in [0, 0.1) is 5.92 Å². The fourth-order valence-corrected chi connectivity index (χ4v) is 2.82. The van der Waals surface area contributed by atoms with Gasteiger partial charge in [-0.1, -0.05) is 37.3 Å². The van der Waals surface area contributed by atoms with Gasteiger partial charge in [-0.05, 0) is 26.0 Å². The zero-order valence-corrected chi connectivity index (χ0v) is 13.2. The fraction of sp³-hybridized carbons (Fsp3) is 0.500. The number of likely N-dealkylation sites (tertiary alicyclic amines) is 1. The molecule has 0 N–H and O–H groups in total. The Kier molecular flexibility index (Phi) is 5.57. The Morgan fingerprint density at radius 3 is 2.71 bits per heavy atom. The van der Waals surface area contributed by atoms with Crippen LogP contribution in [-0.4, -0.2) is 36.1 Å². The Hall–Kier alpha value is -1.61. The van der Waals surface area contributed by atoms with E-state index in [1.165, 1.54) is 0 Å². The van der Waals surface area contributed by atoms with Crippen molar-refractivity contribution in [1.29, 1.82) is 0 Å². The maximum absolute atomic E-state index is 12.2. The van der Waals surface area contributed by atoms with Crippen molar-refractivity contribution in [3.8, 4) is 0 Å². The van der Waals surface area contributed by atoms with Crippen LogP contribution < -0.4 is 0 Å². The van der Waals surface area contributed by atoms with Crippen LogP contribution in [0.25, 0.3) is 0 Å². The first-order chi connectivity index (χ1) is 10.1. The normalized spacial score (nSPS) is 26.9. The van der Waals surface area contributed by atoms with Crippen molar-refractivity contribution in [3.63, 3.8) is 0 Å². The molecule has 1 aliphatic heterocycles. The van der Waals surface area contributed by atoms with Crippen molar-refractivity contribution >= 4 is 5.97 Å². The number of allylic oxidation sites excluding steroid dienone is 1. The summed E-state index contributed by atoms with van der Waals surface area (Å²) >= 11 is 0. The second kappa shape index (κ2) is 7.41. The van der Waals surface area contributed by atoms with E-state index < -0.39 is 0 Å².